The number of carbonyl (C=O) groups is 3. The molecule has 1 N–H and O–H groups in total. The van der Waals surface area contributed by atoms with Crippen molar-refractivity contribution in [3.63, 3.8) is 0 Å². The molecule has 0 radical (unpaired) electrons. The van der Waals surface area contributed by atoms with Crippen LogP contribution in [0, 0.1) is 18.7 Å². The number of ether oxygens (including phenoxy) is 1. The quantitative estimate of drug-likeness (QED) is 0.638. The number of halogens is 1. The molecule has 3 heterocycles. The van der Waals surface area contributed by atoms with Gasteiger partial charge in [0.2, 0.25) is 17.6 Å². The second-order valence-corrected chi connectivity index (χ2v) is 8.56. The Labute approximate surface area is 195 Å². The van der Waals surface area contributed by atoms with Gasteiger partial charge < -0.3 is 24.3 Å². The van der Waals surface area contributed by atoms with Crippen molar-refractivity contribution in [3.8, 4) is 0 Å². The Morgan fingerprint density at radius 1 is 1.12 bits per heavy atom. The van der Waals surface area contributed by atoms with Crippen LogP contribution in [0.15, 0.2) is 46.9 Å². The van der Waals surface area contributed by atoms with Gasteiger partial charge in [-0.1, -0.05) is 18.2 Å². The third-order valence-corrected chi connectivity index (χ3v) is 6.23. The summed E-state index contributed by atoms with van der Waals surface area (Å²) in [6, 6.07) is 11.7. The Kier molecular flexibility index (Phi) is 5.79. The zero-order chi connectivity index (χ0) is 23.8. The molecule has 176 valence electrons. The van der Waals surface area contributed by atoms with E-state index in [2.05, 4.69) is 5.32 Å². The third kappa shape index (κ3) is 4.03. The van der Waals surface area contributed by atoms with E-state index < -0.39 is 17.6 Å². The minimum Gasteiger partial charge on any atom is -0.449 e. The first-order chi connectivity index (χ1) is 16.4. The van der Waals surface area contributed by atoms with Crippen molar-refractivity contribution in [1.82, 2.24) is 4.90 Å². The molecule has 0 spiro atoms. The van der Waals surface area contributed by atoms with Crippen LogP contribution in [0.5, 0.6) is 0 Å². The van der Waals surface area contributed by atoms with Gasteiger partial charge in [-0.2, -0.15) is 0 Å². The molecule has 1 unspecified atom stereocenters. The Morgan fingerprint density at radius 3 is 2.65 bits per heavy atom. The number of carbonyl (C=O) groups excluding carboxylic acids is 3. The number of hydrogen-bond donors (Lipinski definition) is 1. The van der Waals surface area contributed by atoms with E-state index in [1.807, 2.05) is 0 Å². The van der Waals surface area contributed by atoms with Gasteiger partial charge in [-0.15, -0.1) is 0 Å². The van der Waals surface area contributed by atoms with Crippen LogP contribution in [0.4, 0.5) is 15.8 Å². The number of anilines is 2. The first-order valence-corrected chi connectivity index (χ1v) is 11.2. The third-order valence-electron chi connectivity index (χ3n) is 6.23. The Bertz CT molecular complexity index is 1280. The molecule has 2 fully saturated rings. The van der Waals surface area contributed by atoms with E-state index >= 15 is 0 Å². The summed E-state index contributed by atoms with van der Waals surface area (Å²) >= 11 is 0. The van der Waals surface area contributed by atoms with Crippen LogP contribution < -0.4 is 10.2 Å². The lowest BCUT2D eigenvalue weighted by Gasteiger charge is -2.26. The summed E-state index contributed by atoms with van der Waals surface area (Å²) in [6.07, 6.45) is -0.0539. The maximum absolute atomic E-state index is 14.4. The van der Waals surface area contributed by atoms with E-state index in [0.717, 1.165) is 5.56 Å². The van der Waals surface area contributed by atoms with Gasteiger partial charge in [-0.05, 0) is 36.8 Å². The molecule has 9 heteroatoms. The lowest BCUT2D eigenvalue weighted by molar-refractivity contribution is -0.122. The summed E-state index contributed by atoms with van der Waals surface area (Å²) in [7, 11) is 0. The topological polar surface area (TPSA) is 92.1 Å². The summed E-state index contributed by atoms with van der Waals surface area (Å²) in [4.78, 5) is 41.9. The van der Waals surface area contributed by atoms with E-state index in [-0.39, 0.29) is 41.9 Å². The van der Waals surface area contributed by atoms with Gasteiger partial charge in [-0.3, -0.25) is 14.4 Å². The number of furan rings is 1. The van der Waals surface area contributed by atoms with Gasteiger partial charge in [0.05, 0.1) is 24.8 Å². The molecule has 1 atom stereocenters. The first-order valence-electron chi connectivity index (χ1n) is 11.2. The predicted molar refractivity (Wildman–Crippen MR) is 123 cm³/mol. The van der Waals surface area contributed by atoms with Crippen LogP contribution in [0.2, 0.25) is 0 Å². The number of rotatable bonds is 4. The second-order valence-electron chi connectivity index (χ2n) is 8.56. The highest BCUT2D eigenvalue weighted by molar-refractivity contribution is 6.12. The van der Waals surface area contributed by atoms with Crippen molar-refractivity contribution in [2.24, 2.45) is 5.92 Å². The van der Waals surface area contributed by atoms with Crippen LogP contribution in [0.3, 0.4) is 0 Å². The van der Waals surface area contributed by atoms with Crippen LogP contribution >= 0.6 is 0 Å². The average molecular weight is 465 g/mol. The van der Waals surface area contributed by atoms with E-state index in [1.165, 1.54) is 11.0 Å². The van der Waals surface area contributed by atoms with Crippen LogP contribution in [-0.2, 0) is 14.3 Å². The van der Waals surface area contributed by atoms with Gasteiger partial charge in [0.15, 0.2) is 0 Å². The Balaban J connectivity index is 1.40. The minimum absolute atomic E-state index is 0.0437. The molecule has 2 aromatic carbocycles. The average Bonchev–Trinajstić information content (AvgIpc) is 3.40. The molecule has 1 aromatic heterocycles. The van der Waals surface area contributed by atoms with E-state index in [0.29, 0.717) is 37.3 Å². The molecule has 2 saturated heterocycles. The summed E-state index contributed by atoms with van der Waals surface area (Å²) < 4.78 is 25.6. The first kappa shape index (κ1) is 22.1. The number of nitrogens with zero attached hydrogens (tertiary/aromatic N) is 2. The lowest BCUT2D eigenvalue weighted by Crippen LogP contribution is -2.40. The van der Waals surface area contributed by atoms with Crippen LogP contribution in [0.25, 0.3) is 11.0 Å². The fourth-order valence-electron chi connectivity index (χ4n) is 4.40. The number of hydrogen-bond acceptors (Lipinski definition) is 5. The summed E-state index contributed by atoms with van der Waals surface area (Å²) in [6.45, 7) is 3.54. The van der Waals surface area contributed by atoms with Crippen molar-refractivity contribution < 1.29 is 27.9 Å². The number of morpholine rings is 1. The molecular weight excluding hydrogens is 441 g/mol. The van der Waals surface area contributed by atoms with E-state index in [9.17, 15) is 18.8 Å². The molecule has 3 amide bonds. The highest BCUT2D eigenvalue weighted by atomic mass is 19.1. The highest BCUT2D eigenvalue weighted by Gasteiger charge is 2.37. The van der Waals surface area contributed by atoms with Gasteiger partial charge in [0, 0.05) is 31.4 Å². The standard InChI is InChI=1S/C25H24FN3O5/c1-15-6-7-19(18(26)12-15)29-14-16(13-21(29)30)24(31)27-22-17-4-2-3-5-20(17)34-23(22)25(32)28-8-10-33-11-9-28/h2-7,12,16H,8-11,13-14H2,1H3,(H,27,31). The highest BCUT2D eigenvalue weighted by Crippen LogP contribution is 2.34. The zero-order valence-electron chi connectivity index (χ0n) is 18.7. The molecule has 2 aliphatic rings. The van der Waals surface area contributed by atoms with Gasteiger partial charge in [0.1, 0.15) is 17.1 Å². The molecule has 3 aromatic rings. The Morgan fingerprint density at radius 2 is 1.88 bits per heavy atom. The van der Waals surface area contributed by atoms with Crippen molar-refractivity contribution in [1.29, 1.82) is 0 Å². The predicted octanol–water partition coefficient (Wildman–Crippen LogP) is 3.34. The number of aryl methyl sites for hydroxylation is 1. The largest absolute Gasteiger partial charge is 0.449 e. The van der Waals surface area contributed by atoms with Crippen LogP contribution in [-0.4, -0.2) is 55.5 Å². The van der Waals surface area contributed by atoms with Crippen molar-refractivity contribution in [3.05, 3.63) is 59.6 Å². The summed E-state index contributed by atoms with van der Waals surface area (Å²) in [5, 5.41) is 3.42. The van der Waals surface area contributed by atoms with Crippen molar-refractivity contribution >= 4 is 40.1 Å². The number of para-hydroxylation sites is 1. The molecule has 8 nitrogen and oxygen atoms in total. The molecule has 5 rings (SSSR count). The molecule has 2 aliphatic heterocycles. The zero-order valence-corrected chi connectivity index (χ0v) is 18.7. The molecule has 34 heavy (non-hydrogen) atoms. The van der Waals surface area contributed by atoms with E-state index in [4.69, 9.17) is 9.15 Å². The maximum Gasteiger partial charge on any atom is 0.291 e. The molecule has 0 bridgehead atoms. The van der Waals surface area contributed by atoms with E-state index in [1.54, 1.807) is 48.2 Å². The SMILES string of the molecule is Cc1ccc(N2CC(C(=O)Nc3c(C(=O)N4CCOCC4)oc4ccccc34)CC2=O)c(F)c1. The molecule has 0 saturated carbocycles. The number of nitrogens with one attached hydrogen (secondary N) is 1. The fourth-order valence-corrected chi connectivity index (χ4v) is 4.40. The lowest BCUT2D eigenvalue weighted by atomic mass is 10.1. The molecule has 0 aliphatic carbocycles. The van der Waals surface area contributed by atoms with Crippen molar-refractivity contribution in [2.75, 3.05) is 43.1 Å². The van der Waals surface area contributed by atoms with Crippen LogP contribution in [0.1, 0.15) is 22.5 Å². The minimum atomic E-state index is -0.701. The smallest absolute Gasteiger partial charge is 0.291 e. The number of amides is 3. The number of fused-ring (bicyclic) bond motifs is 1. The summed E-state index contributed by atoms with van der Waals surface area (Å²) in [5.74, 6) is -2.25. The monoisotopic (exact) mass is 465 g/mol. The maximum atomic E-state index is 14.4. The van der Waals surface area contributed by atoms with Gasteiger partial charge in [0.25, 0.3) is 5.91 Å². The molecular formula is C25H24FN3O5. The van der Waals surface area contributed by atoms with Gasteiger partial charge >= 0.3 is 0 Å². The number of benzene rings is 2. The summed E-state index contributed by atoms with van der Waals surface area (Å²) in [5.41, 5.74) is 1.65. The Hall–Kier alpha value is -3.72. The fraction of sp³-hybridized carbons (Fsp3) is 0.320. The second kappa shape index (κ2) is 8.90. The van der Waals surface area contributed by atoms with Crippen molar-refractivity contribution in [2.45, 2.75) is 13.3 Å². The normalized spacial score (nSPS) is 18.5. The van der Waals surface area contributed by atoms with Gasteiger partial charge in [-0.25, -0.2) is 4.39 Å².